The molecule has 2 aromatic carbocycles. The SMILES string of the molecule is Cc1ccc(C2Cc3cc(C(OC(CO)C(C)O)C(O)O)ccc3S2)cc1. The van der Waals surface area contributed by atoms with E-state index in [0.29, 0.717) is 10.8 Å². The summed E-state index contributed by atoms with van der Waals surface area (Å²) in [6, 6.07) is 14.2. The molecule has 0 aromatic heterocycles. The minimum Gasteiger partial charge on any atom is -0.394 e. The van der Waals surface area contributed by atoms with Crippen molar-refractivity contribution < 1.29 is 25.2 Å². The van der Waals surface area contributed by atoms with E-state index in [2.05, 4.69) is 31.2 Å². The van der Waals surface area contributed by atoms with Crippen molar-refractivity contribution in [1.29, 1.82) is 0 Å². The summed E-state index contributed by atoms with van der Waals surface area (Å²) >= 11 is 1.80. The van der Waals surface area contributed by atoms with Gasteiger partial charge in [-0.05, 0) is 43.0 Å². The second-order valence-electron chi connectivity index (χ2n) is 7.02. The molecule has 1 aliphatic rings. The predicted octanol–water partition coefficient (Wildman–Crippen LogP) is 2.49. The van der Waals surface area contributed by atoms with Crippen molar-refractivity contribution >= 4 is 11.8 Å². The summed E-state index contributed by atoms with van der Waals surface area (Å²) in [6.07, 6.45) is -3.75. The third-order valence-electron chi connectivity index (χ3n) is 4.85. The number of aryl methyl sites for hydroxylation is 1. The van der Waals surface area contributed by atoms with Crippen molar-refractivity contribution in [3.8, 4) is 0 Å². The van der Waals surface area contributed by atoms with Crippen molar-refractivity contribution in [3.05, 3.63) is 64.7 Å². The number of rotatable bonds is 7. The summed E-state index contributed by atoms with van der Waals surface area (Å²) in [7, 11) is 0. The monoisotopic (exact) mass is 390 g/mol. The molecule has 0 fully saturated rings. The zero-order valence-electron chi connectivity index (χ0n) is 15.4. The van der Waals surface area contributed by atoms with Gasteiger partial charge in [0.05, 0.1) is 12.7 Å². The number of fused-ring (bicyclic) bond motifs is 1. The highest BCUT2D eigenvalue weighted by molar-refractivity contribution is 7.99. The van der Waals surface area contributed by atoms with Crippen molar-refractivity contribution in [2.75, 3.05) is 6.61 Å². The predicted molar refractivity (Wildman–Crippen MR) is 105 cm³/mol. The molecule has 0 amide bonds. The average molecular weight is 391 g/mol. The van der Waals surface area contributed by atoms with Crippen LogP contribution in [-0.4, -0.2) is 45.5 Å². The molecule has 0 bridgehead atoms. The third kappa shape index (κ3) is 4.71. The maximum atomic E-state index is 9.76. The summed E-state index contributed by atoms with van der Waals surface area (Å²) in [5, 5.41) is 38.9. The molecule has 1 aliphatic heterocycles. The largest absolute Gasteiger partial charge is 0.394 e. The maximum Gasteiger partial charge on any atom is 0.182 e. The number of thioether (sulfide) groups is 1. The highest BCUT2D eigenvalue weighted by Crippen LogP contribution is 2.47. The van der Waals surface area contributed by atoms with Gasteiger partial charge in [0.1, 0.15) is 12.2 Å². The average Bonchev–Trinajstić information content (AvgIpc) is 3.05. The Balaban J connectivity index is 1.80. The van der Waals surface area contributed by atoms with E-state index in [1.807, 2.05) is 18.2 Å². The van der Waals surface area contributed by atoms with Crippen molar-refractivity contribution in [2.24, 2.45) is 0 Å². The van der Waals surface area contributed by atoms with Gasteiger partial charge < -0.3 is 25.2 Å². The summed E-state index contributed by atoms with van der Waals surface area (Å²) < 4.78 is 5.59. The van der Waals surface area contributed by atoms with E-state index in [1.54, 1.807) is 11.8 Å². The van der Waals surface area contributed by atoms with Crippen LogP contribution < -0.4 is 0 Å². The molecule has 0 spiro atoms. The quantitative estimate of drug-likeness (QED) is 0.543. The summed E-state index contributed by atoms with van der Waals surface area (Å²) in [5.74, 6) is 0. The molecule has 5 nitrogen and oxygen atoms in total. The fourth-order valence-corrected chi connectivity index (χ4v) is 4.53. The van der Waals surface area contributed by atoms with E-state index in [9.17, 15) is 20.4 Å². The Morgan fingerprint density at radius 2 is 1.81 bits per heavy atom. The van der Waals surface area contributed by atoms with Gasteiger partial charge in [-0.3, -0.25) is 0 Å². The van der Waals surface area contributed by atoms with Gasteiger partial charge >= 0.3 is 0 Å². The fourth-order valence-electron chi connectivity index (χ4n) is 3.23. The van der Waals surface area contributed by atoms with E-state index in [0.717, 1.165) is 12.0 Å². The molecule has 3 rings (SSSR count). The number of hydrogen-bond acceptors (Lipinski definition) is 6. The van der Waals surface area contributed by atoms with Gasteiger partial charge in [-0.1, -0.05) is 42.0 Å². The van der Waals surface area contributed by atoms with E-state index in [4.69, 9.17) is 4.74 Å². The zero-order valence-corrected chi connectivity index (χ0v) is 16.3. The Morgan fingerprint density at radius 3 is 2.41 bits per heavy atom. The molecule has 0 saturated heterocycles. The van der Waals surface area contributed by atoms with Gasteiger partial charge in [0.2, 0.25) is 0 Å². The van der Waals surface area contributed by atoms with Crippen LogP contribution in [0, 0.1) is 6.92 Å². The van der Waals surface area contributed by atoms with Crippen LogP contribution in [0.2, 0.25) is 0 Å². The van der Waals surface area contributed by atoms with Crippen LogP contribution >= 0.6 is 11.8 Å². The molecule has 2 aromatic rings. The molecule has 6 heteroatoms. The number of ether oxygens (including phenoxy) is 1. The van der Waals surface area contributed by atoms with E-state index in [1.165, 1.54) is 22.9 Å². The molecule has 0 radical (unpaired) electrons. The van der Waals surface area contributed by atoms with E-state index >= 15 is 0 Å². The van der Waals surface area contributed by atoms with Gasteiger partial charge in [0, 0.05) is 10.1 Å². The Bertz CT molecular complexity index is 760. The first-order valence-electron chi connectivity index (χ1n) is 9.05. The number of benzene rings is 2. The Labute approximate surface area is 163 Å². The minimum absolute atomic E-state index is 0.330. The Hall–Kier alpha value is -1.41. The van der Waals surface area contributed by atoms with Crippen LogP contribution in [0.3, 0.4) is 0 Å². The molecule has 146 valence electrons. The molecule has 4 atom stereocenters. The van der Waals surface area contributed by atoms with E-state index < -0.39 is 31.2 Å². The molecule has 4 N–H and O–H groups in total. The lowest BCUT2D eigenvalue weighted by Crippen LogP contribution is -2.35. The summed E-state index contributed by atoms with van der Waals surface area (Å²) in [6.45, 7) is 3.16. The molecule has 27 heavy (non-hydrogen) atoms. The van der Waals surface area contributed by atoms with Crippen molar-refractivity contribution in [1.82, 2.24) is 0 Å². The van der Waals surface area contributed by atoms with Crippen LogP contribution in [0.1, 0.15) is 40.5 Å². The highest BCUT2D eigenvalue weighted by Gasteiger charge is 2.29. The zero-order chi connectivity index (χ0) is 19.6. The molecule has 0 aliphatic carbocycles. The first kappa shape index (κ1) is 20.3. The summed E-state index contributed by atoms with van der Waals surface area (Å²) in [5.41, 5.74) is 4.26. The standard InChI is InChI=1S/C21H26O5S/c1-12-3-5-14(6-4-12)19-10-16-9-15(7-8-18(16)27-19)20(21(24)25)26-17(11-22)13(2)23/h3-9,13,17,19-25H,10-11H2,1-2H3. The number of aliphatic hydroxyl groups excluding tert-OH is 3. The van der Waals surface area contributed by atoms with Gasteiger partial charge in [-0.2, -0.15) is 0 Å². The molecular formula is C21H26O5S. The van der Waals surface area contributed by atoms with Gasteiger partial charge in [-0.15, -0.1) is 11.8 Å². The second-order valence-corrected chi connectivity index (χ2v) is 8.26. The fraction of sp³-hybridized carbons (Fsp3) is 0.429. The molecule has 4 unspecified atom stereocenters. The van der Waals surface area contributed by atoms with Crippen LogP contribution in [0.25, 0.3) is 0 Å². The van der Waals surface area contributed by atoms with Crippen LogP contribution in [-0.2, 0) is 11.2 Å². The Morgan fingerprint density at radius 1 is 1.11 bits per heavy atom. The lowest BCUT2D eigenvalue weighted by Gasteiger charge is -2.27. The Kier molecular flexibility index (Phi) is 6.57. The van der Waals surface area contributed by atoms with Gasteiger partial charge in [0.15, 0.2) is 6.29 Å². The lowest BCUT2D eigenvalue weighted by atomic mass is 9.99. The first-order chi connectivity index (χ1) is 12.9. The van der Waals surface area contributed by atoms with Crippen LogP contribution in [0.15, 0.2) is 47.4 Å². The first-order valence-corrected chi connectivity index (χ1v) is 9.93. The highest BCUT2D eigenvalue weighted by atomic mass is 32.2. The normalized spacial score (nSPS) is 19.7. The van der Waals surface area contributed by atoms with Gasteiger partial charge in [0.25, 0.3) is 0 Å². The third-order valence-corrected chi connectivity index (χ3v) is 6.22. The van der Waals surface area contributed by atoms with Crippen LogP contribution in [0.5, 0.6) is 0 Å². The van der Waals surface area contributed by atoms with Crippen molar-refractivity contribution in [2.45, 2.75) is 55.0 Å². The summed E-state index contributed by atoms with van der Waals surface area (Å²) in [4.78, 5) is 1.17. The maximum absolute atomic E-state index is 9.76. The second kappa shape index (κ2) is 8.73. The van der Waals surface area contributed by atoms with Crippen molar-refractivity contribution in [3.63, 3.8) is 0 Å². The molecule has 0 saturated carbocycles. The number of aliphatic hydroxyl groups is 4. The van der Waals surface area contributed by atoms with E-state index in [-0.39, 0.29) is 0 Å². The lowest BCUT2D eigenvalue weighted by molar-refractivity contribution is -0.188. The number of hydrogen-bond donors (Lipinski definition) is 4. The minimum atomic E-state index is -1.75. The smallest absolute Gasteiger partial charge is 0.182 e. The van der Waals surface area contributed by atoms with Crippen LogP contribution in [0.4, 0.5) is 0 Å². The van der Waals surface area contributed by atoms with Gasteiger partial charge in [-0.25, -0.2) is 0 Å². The molecular weight excluding hydrogens is 364 g/mol. The molecule has 1 heterocycles. The topological polar surface area (TPSA) is 90.2 Å².